The maximum atomic E-state index is 12.8. The first-order chi connectivity index (χ1) is 15.0. The van der Waals surface area contributed by atoms with E-state index < -0.39 is 17.9 Å². The summed E-state index contributed by atoms with van der Waals surface area (Å²) in [5.41, 5.74) is 0.493. The van der Waals surface area contributed by atoms with Gasteiger partial charge in [0.05, 0.1) is 11.8 Å². The number of aliphatic hydroxyl groups excluding tert-OH is 2. The number of carbonyl (C=O) groups is 2. The van der Waals surface area contributed by atoms with Gasteiger partial charge in [-0.1, -0.05) is 5.16 Å². The molecule has 1 fully saturated rings. The largest absolute Gasteiger partial charge is 0.506 e. The van der Waals surface area contributed by atoms with Crippen molar-refractivity contribution in [3.05, 3.63) is 54.0 Å². The van der Waals surface area contributed by atoms with E-state index >= 15 is 0 Å². The van der Waals surface area contributed by atoms with Crippen molar-refractivity contribution in [2.45, 2.75) is 19.1 Å². The number of amides is 2. The Morgan fingerprint density at radius 3 is 2.87 bits per heavy atom. The number of likely N-dealkylation sites (tertiary alicyclic amines) is 1. The predicted molar refractivity (Wildman–Crippen MR) is 109 cm³/mol. The van der Waals surface area contributed by atoms with E-state index in [0.29, 0.717) is 36.6 Å². The molecule has 11 nitrogen and oxygen atoms in total. The van der Waals surface area contributed by atoms with Crippen LogP contribution in [0.2, 0.25) is 0 Å². The van der Waals surface area contributed by atoms with Gasteiger partial charge >= 0.3 is 0 Å². The zero-order chi connectivity index (χ0) is 22.0. The van der Waals surface area contributed by atoms with Crippen molar-refractivity contribution in [2.75, 3.05) is 25.5 Å². The third-order valence-corrected chi connectivity index (χ3v) is 5.33. The lowest BCUT2D eigenvalue weighted by molar-refractivity contribution is -0.113. The monoisotopic (exact) mass is 426 g/mol. The fourth-order valence-corrected chi connectivity index (χ4v) is 3.73. The number of hydrogen-bond donors (Lipinski definition) is 3. The lowest BCUT2D eigenvalue weighted by atomic mass is 9.94. The Morgan fingerprint density at radius 1 is 1.32 bits per heavy atom. The van der Waals surface area contributed by atoms with Crippen LogP contribution in [0, 0.1) is 5.92 Å². The minimum atomic E-state index is -1.43. The fourth-order valence-electron chi connectivity index (χ4n) is 3.73. The highest BCUT2D eigenvalue weighted by Crippen LogP contribution is 2.27. The van der Waals surface area contributed by atoms with Gasteiger partial charge in [-0.3, -0.25) is 14.6 Å². The summed E-state index contributed by atoms with van der Waals surface area (Å²) in [4.78, 5) is 36.9. The summed E-state index contributed by atoms with van der Waals surface area (Å²) in [5, 5.41) is 26.8. The number of pyridine rings is 1. The number of hydrogen-bond acceptors (Lipinski definition) is 9. The molecule has 0 saturated carbocycles. The summed E-state index contributed by atoms with van der Waals surface area (Å²) < 4.78 is 4.68. The summed E-state index contributed by atoms with van der Waals surface area (Å²) in [7, 11) is 1.58. The van der Waals surface area contributed by atoms with Gasteiger partial charge < -0.3 is 29.9 Å². The topological polar surface area (TPSA) is 144 Å². The molecule has 31 heavy (non-hydrogen) atoms. The van der Waals surface area contributed by atoms with Crippen molar-refractivity contribution >= 4 is 23.3 Å². The molecule has 0 bridgehead atoms. The maximum absolute atomic E-state index is 12.8. The standard InChI is InChI=1S/C20H22N6O5/c1-25-17(13-5-3-7-26(10-13)19(29)12-4-2-6-21-8-12)24-15(16(27)20(25)30)18(28)23-14-9-22-31-11-14/h2,4,6,8-9,11,13,20,27,30H,3,5,7,10H2,1H3,(H,23,28). The van der Waals surface area contributed by atoms with Crippen LogP contribution < -0.4 is 5.32 Å². The van der Waals surface area contributed by atoms with Gasteiger partial charge in [-0.2, -0.15) is 0 Å². The Kier molecular flexibility index (Phi) is 5.67. The van der Waals surface area contributed by atoms with Crippen LogP contribution in [0.15, 0.2) is 58.0 Å². The molecule has 11 heteroatoms. The van der Waals surface area contributed by atoms with Crippen LogP contribution in [0.3, 0.4) is 0 Å². The molecule has 4 rings (SSSR count). The normalized spacial score (nSPS) is 21.7. The first kappa shape index (κ1) is 20.5. The van der Waals surface area contributed by atoms with E-state index in [1.165, 1.54) is 23.6 Å². The Bertz CT molecular complexity index is 1020. The van der Waals surface area contributed by atoms with Gasteiger partial charge in [0.15, 0.2) is 17.7 Å². The number of anilines is 1. The van der Waals surface area contributed by atoms with Crippen molar-refractivity contribution in [3.8, 4) is 0 Å². The van der Waals surface area contributed by atoms with E-state index in [1.807, 2.05) is 0 Å². The number of rotatable bonds is 4. The first-order valence-electron chi connectivity index (χ1n) is 9.78. The van der Waals surface area contributed by atoms with Crippen LogP contribution in [0.25, 0.3) is 0 Å². The van der Waals surface area contributed by atoms with Crippen molar-refractivity contribution in [2.24, 2.45) is 10.9 Å². The van der Waals surface area contributed by atoms with Gasteiger partial charge in [-0.15, -0.1) is 0 Å². The second kappa shape index (κ2) is 8.56. The average molecular weight is 426 g/mol. The van der Waals surface area contributed by atoms with E-state index in [2.05, 4.69) is 25.0 Å². The van der Waals surface area contributed by atoms with Gasteiger partial charge in [0.2, 0.25) is 0 Å². The van der Waals surface area contributed by atoms with Gasteiger partial charge in [-0.25, -0.2) is 4.99 Å². The minimum Gasteiger partial charge on any atom is -0.506 e. The second-order valence-electron chi connectivity index (χ2n) is 7.39. The molecule has 162 valence electrons. The van der Waals surface area contributed by atoms with Gasteiger partial charge in [0, 0.05) is 38.4 Å². The molecule has 0 aliphatic carbocycles. The van der Waals surface area contributed by atoms with Crippen molar-refractivity contribution in [1.82, 2.24) is 19.9 Å². The summed E-state index contributed by atoms with van der Waals surface area (Å²) in [6.07, 6.45) is 5.68. The number of likely N-dealkylation sites (N-methyl/N-ethyl adjacent to an activating group) is 1. The quantitative estimate of drug-likeness (QED) is 0.656. The van der Waals surface area contributed by atoms with Crippen LogP contribution in [-0.2, 0) is 4.79 Å². The van der Waals surface area contributed by atoms with E-state index in [1.54, 1.807) is 30.3 Å². The molecule has 2 unspecified atom stereocenters. The number of aliphatic imine (C=N–C) groups is 1. The van der Waals surface area contributed by atoms with Crippen LogP contribution >= 0.6 is 0 Å². The summed E-state index contributed by atoms with van der Waals surface area (Å²) in [6.45, 7) is 0.955. The van der Waals surface area contributed by atoms with Gasteiger partial charge in [0.1, 0.15) is 17.8 Å². The SMILES string of the molecule is CN1C(C2CCCN(C(=O)c3cccnc3)C2)=NC(C(=O)Nc2cnoc2)=C(O)C1O. The van der Waals surface area contributed by atoms with E-state index in [9.17, 15) is 19.8 Å². The van der Waals surface area contributed by atoms with Crippen molar-refractivity contribution in [1.29, 1.82) is 0 Å². The summed E-state index contributed by atoms with van der Waals surface area (Å²) in [5.74, 6) is -1.20. The Labute approximate surface area is 177 Å². The number of piperidine rings is 1. The number of amidine groups is 1. The molecule has 1 saturated heterocycles. The van der Waals surface area contributed by atoms with Crippen LogP contribution in [0.1, 0.15) is 23.2 Å². The minimum absolute atomic E-state index is 0.138. The highest BCUT2D eigenvalue weighted by Gasteiger charge is 2.37. The Balaban J connectivity index is 1.56. The first-order valence-corrected chi connectivity index (χ1v) is 9.78. The van der Waals surface area contributed by atoms with E-state index in [-0.39, 0.29) is 17.5 Å². The van der Waals surface area contributed by atoms with E-state index in [4.69, 9.17) is 0 Å². The average Bonchev–Trinajstić information content (AvgIpc) is 3.31. The number of aliphatic hydroxyl groups is 2. The maximum Gasteiger partial charge on any atom is 0.278 e. The van der Waals surface area contributed by atoms with Crippen molar-refractivity contribution < 1.29 is 24.3 Å². The van der Waals surface area contributed by atoms with Crippen LogP contribution in [-0.4, -0.2) is 74.2 Å². The Hall–Kier alpha value is -3.73. The molecule has 2 aliphatic heterocycles. The molecule has 0 radical (unpaired) electrons. The fraction of sp³-hybridized carbons (Fsp3) is 0.350. The molecule has 3 N–H and O–H groups in total. The van der Waals surface area contributed by atoms with Gasteiger partial charge in [-0.05, 0) is 25.0 Å². The third kappa shape index (κ3) is 4.12. The lowest BCUT2D eigenvalue weighted by Crippen LogP contribution is -2.50. The molecule has 0 spiro atoms. The van der Waals surface area contributed by atoms with Crippen molar-refractivity contribution in [3.63, 3.8) is 0 Å². The van der Waals surface area contributed by atoms with Crippen LogP contribution in [0.5, 0.6) is 0 Å². The number of carbonyl (C=O) groups excluding carboxylic acids is 2. The molecular weight excluding hydrogens is 404 g/mol. The molecule has 2 aromatic rings. The molecular formula is C20H22N6O5. The molecule has 0 aromatic carbocycles. The molecule has 2 aliphatic rings. The number of nitrogens with one attached hydrogen (secondary N) is 1. The molecule has 2 aromatic heterocycles. The number of nitrogens with zero attached hydrogens (tertiary/aromatic N) is 5. The van der Waals surface area contributed by atoms with Crippen LogP contribution in [0.4, 0.5) is 5.69 Å². The van der Waals surface area contributed by atoms with E-state index in [0.717, 1.165) is 6.42 Å². The molecule has 2 amide bonds. The van der Waals surface area contributed by atoms with Gasteiger partial charge in [0.25, 0.3) is 11.8 Å². The highest BCUT2D eigenvalue weighted by molar-refractivity contribution is 6.06. The third-order valence-electron chi connectivity index (χ3n) is 5.33. The zero-order valence-electron chi connectivity index (χ0n) is 16.8. The zero-order valence-corrected chi connectivity index (χ0v) is 16.8. The molecule has 4 heterocycles. The summed E-state index contributed by atoms with van der Waals surface area (Å²) in [6, 6.07) is 3.42. The number of aromatic nitrogens is 2. The highest BCUT2D eigenvalue weighted by atomic mass is 16.5. The molecule has 2 atom stereocenters. The summed E-state index contributed by atoms with van der Waals surface area (Å²) >= 11 is 0. The Morgan fingerprint density at radius 2 is 2.16 bits per heavy atom. The smallest absolute Gasteiger partial charge is 0.278 e. The predicted octanol–water partition coefficient (Wildman–Crippen LogP) is 0.992. The lowest BCUT2D eigenvalue weighted by Gasteiger charge is -2.39. The second-order valence-corrected chi connectivity index (χ2v) is 7.39.